The van der Waals surface area contributed by atoms with Crippen LogP contribution in [0, 0.1) is 0 Å². The van der Waals surface area contributed by atoms with Gasteiger partial charge >= 0.3 is 0 Å². The molecule has 1 heterocycles. The Morgan fingerprint density at radius 2 is 2.00 bits per heavy atom. The lowest BCUT2D eigenvalue weighted by molar-refractivity contribution is 0.301. The molecule has 0 saturated heterocycles. The summed E-state index contributed by atoms with van der Waals surface area (Å²) >= 11 is 0. The molecule has 0 amide bonds. The van der Waals surface area contributed by atoms with Crippen LogP contribution < -0.4 is 10.9 Å². The Morgan fingerprint density at radius 3 is 2.73 bits per heavy atom. The molecule has 0 aliphatic rings. The minimum atomic E-state index is -0.321. The van der Waals surface area contributed by atoms with Crippen LogP contribution in [-0.2, 0) is 7.05 Å². The predicted octanol–water partition coefficient (Wildman–Crippen LogP) is 0.828. The molecule has 0 radical (unpaired) electrons. The highest BCUT2D eigenvalue weighted by Gasteiger charge is 1.99. The highest BCUT2D eigenvalue weighted by molar-refractivity contribution is 5.80. The minimum Gasteiger partial charge on any atom is -0.410 e. The molecule has 2 aromatic rings. The molecule has 0 aliphatic carbocycles. The third-order valence-electron chi connectivity index (χ3n) is 2.32. The molecule has 76 valence electrons. The zero-order chi connectivity index (χ0) is 10.8. The summed E-state index contributed by atoms with van der Waals surface area (Å²) in [5, 5.41) is 13.5. The zero-order valence-corrected chi connectivity index (χ0v) is 8.21. The van der Waals surface area contributed by atoms with E-state index in [-0.39, 0.29) is 10.9 Å². The van der Waals surface area contributed by atoms with Gasteiger partial charge in [0, 0.05) is 18.6 Å². The molecule has 2 rings (SSSR count). The van der Waals surface area contributed by atoms with Crippen LogP contribution >= 0.6 is 0 Å². The van der Waals surface area contributed by atoms with Crippen molar-refractivity contribution in [3.8, 4) is 0 Å². The molecule has 1 N–H and O–H groups in total. The number of hydrogen-bond acceptors (Lipinski definition) is 3. The Bertz CT molecular complexity index is 629. The van der Waals surface area contributed by atoms with E-state index in [4.69, 9.17) is 5.21 Å². The molecule has 15 heavy (non-hydrogen) atoms. The van der Waals surface area contributed by atoms with E-state index < -0.39 is 0 Å². The highest BCUT2D eigenvalue weighted by atomic mass is 16.4. The van der Waals surface area contributed by atoms with Crippen LogP contribution in [0.4, 0.5) is 0 Å². The minimum absolute atomic E-state index is 0.0677. The molecular formula is C11H10N2O2. The van der Waals surface area contributed by atoms with E-state index in [1.807, 2.05) is 18.2 Å². The van der Waals surface area contributed by atoms with Gasteiger partial charge < -0.3 is 9.77 Å². The number of benzene rings is 1. The van der Waals surface area contributed by atoms with Gasteiger partial charge in [0.1, 0.15) is 0 Å². The number of aromatic nitrogens is 1. The Morgan fingerprint density at radius 1 is 1.27 bits per heavy atom. The maximum atomic E-state index is 11.7. The number of fused-ring (bicyclic) bond motifs is 1. The van der Waals surface area contributed by atoms with Gasteiger partial charge in [-0.1, -0.05) is 29.4 Å². The van der Waals surface area contributed by atoms with Crippen LogP contribution in [0.2, 0.25) is 0 Å². The maximum absolute atomic E-state index is 11.7. The summed E-state index contributed by atoms with van der Waals surface area (Å²) in [5.41, 5.74) is -0.321. The molecule has 0 fully saturated rings. The molecular weight excluding hydrogens is 192 g/mol. The average molecular weight is 202 g/mol. The second-order valence-electron chi connectivity index (χ2n) is 3.27. The standard InChI is InChI=1S/C11H10N2O2/c1-13-7-6-8-4-2-3-5-9(8)10(12-15)11(13)14/h2-7,15H,1H3/b12-10+. The van der Waals surface area contributed by atoms with Gasteiger partial charge in [0.2, 0.25) is 0 Å². The fourth-order valence-corrected chi connectivity index (χ4v) is 1.50. The molecule has 0 atom stereocenters. The normalized spacial score (nSPS) is 11.9. The van der Waals surface area contributed by atoms with Crippen molar-refractivity contribution in [2.75, 3.05) is 0 Å². The van der Waals surface area contributed by atoms with E-state index in [0.29, 0.717) is 5.39 Å². The molecule has 1 aromatic carbocycles. The lowest BCUT2D eigenvalue weighted by Crippen LogP contribution is -2.30. The second-order valence-corrected chi connectivity index (χ2v) is 3.27. The van der Waals surface area contributed by atoms with Gasteiger partial charge in [0.15, 0.2) is 5.36 Å². The Balaban J connectivity index is 3.19. The van der Waals surface area contributed by atoms with Gasteiger partial charge in [0.05, 0.1) is 0 Å². The summed E-state index contributed by atoms with van der Waals surface area (Å²) in [6, 6.07) is 9.10. The Labute approximate surface area is 85.7 Å². The first-order valence-electron chi connectivity index (χ1n) is 4.51. The van der Waals surface area contributed by atoms with Crippen molar-refractivity contribution in [1.29, 1.82) is 0 Å². The van der Waals surface area contributed by atoms with Crippen molar-refractivity contribution in [2.45, 2.75) is 0 Å². The largest absolute Gasteiger partial charge is 0.410 e. The van der Waals surface area contributed by atoms with Crippen molar-refractivity contribution in [3.05, 3.63) is 52.2 Å². The van der Waals surface area contributed by atoms with E-state index in [2.05, 4.69) is 5.16 Å². The van der Waals surface area contributed by atoms with Crippen molar-refractivity contribution in [3.63, 3.8) is 0 Å². The third-order valence-corrected chi connectivity index (χ3v) is 2.32. The predicted molar refractivity (Wildman–Crippen MR) is 56.5 cm³/mol. The van der Waals surface area contributed by atoms with E-state index >= 15 is 0 Å². The monoisotopic (exact) mass is 202 g/mol. The smallest absolute Gasteiger partial charge is 0.280 e. The van der Waals surface area contributed by atoms with Crippen molar-refractivity contribution in [1.82, 2.24) is 4.57 Å². The van der Waals surface area contributed by atoms with Gasteiger partial charge in [-0.2, -0.15) is 0 Å². The van der Waals surface area contributed by atoms with Crippen molar-refractivity contribution >= 4 is 10.8 Å². The van der Waals surface area contributed by atoms with E-state index in [1.54, 1.807) is 25.4 Å². The number of aryl methyl sites for hydroxylation is 1. The quantitative estimate of drug-likeness (QED) is 0.508. The van der Waals surface area contributed by atoms with Crippen molar-refractivity contribution in [2.24, 2.45) is 12.2 Å². The van der Waals surface area contributed by atoms with Gasteiger partial charge in [-0.3, -0.25) is 4.79 Å². The first-order valence-corrected chi connectivity index (χ1v) is 4.51. The first kappa shape index (κ1) is 9.45. The maximum Gasteiger partial charge on any atom is 0.280 e. The molecule has 1 aromatic heterocycles. The number of nitrogens with zero attached hydrogens (tertiary/aromatic N) is 2. The van der Waals surface area contributed by atoms with Gasteiger partial charge in [-0.05, 0) is 11.5 Å². The number of hydrogen-bond donors (Lipinski definition) is 1. The summed E-state index contributed by atoms with van der Waals surface area (Å²) in [4.78, 5) is 11.7. The molecule has 0 saturated carbocycles. The van der Waals surface area contributed by atoms with Crippen LogP contribution in [0.5, 0.6) is 0 Å². The summed E-state index contributed by atoms with van der Waals surface area (Å²) < 4.78 is 1.38. The SMILES string of the molecule is Cn1ccc2ccccc2/c(=N\O)c1=O. The molecule has 0 spiro atoms. The van der Waals surface area contributed by atoms with Crippen LogP contribution in [0.3, 0.4) is 0 Å². The molecule has 0 unspecified atom stereocenters. The van der Waals surface area contributed by atoms with Gasteiger partial charge in [-0.15, -0.1) is 0 Å². The molecule has 4 nitrogen and oxygen atoms in total. The van der Waals surface area contributed by atoms with Gasteiger partial charge in [-0.25, -0.2) is 0 Å². The Kier molecular flexibility index (Phi) is 2.25. The second kappa shape index (κ2) is 3.57. The molecule has 0 bridgehead atoms. The third kappa shape index (κ3) is 1.50. The van der Waals surface area contributed by atoms with Gasteiger partial charge in [0.25, 0.3) is 5.56 Å². The summed E-state index contributed by atoms with van der Waals surface area (Å²) in [6.45, 7) is 0. The Hall–Kier alpha value is -2.10. The molecule has 0 aliphatic heterocycles. The topological polar surface area (TPSA) is 54.6 Å². The van der Waals surface area contributed by atoms with Crippen LogP contribution in [0.1, 0.15) is 0 Å². The van der Waals surface area contributed by atoms with E-state index in [0.717, 1.165) is 5.39 Å². The van der Waals surface area contributed by atoms with Crippen LogP contribution in [-0.4, -0.2) is 9.77 Å². The first-order chi connectivity index (χ1) is 7.24. The van der Waals surface area contributed by atoms with E-state index in [9.17, 15) is 4.79 Å². The zero-order valence-electron chi connectivity index (χ0n) is 8.21. The summed E-state index contributed by atoms with van der Waals surface area (Å²) in [5.74, 6) is 0. The fraction of sp³-hybridized carbons (Fsp3) is 0.0909. The fourth-order valence-electron chi connectivity index (χ4n) is 1.50. The summed E-state index contributed by atoms with van der Waals surface area (Å²) in [6.07, 6.45) is 1.65. The average Bonchev–Trinajstić information content (AvgIpc) is 2.38. The van der Waals surface area contributed by atoms with Crippen molar-refractivity contribution < 1.29 is 5.21 Å². The molecule has 4 heteroatoms. The van der Waals surface area contributed by atoms with Crippen LogP contribution in [0.25, 0.3) is 10.8 Å². The highest BCUT2D eigenvalue weighted by Crippen LogP contribution is 2.05. The van der Waals surface area contributed by atoms with E-state index in [1.165, 1.54) is 4.57 Å². The lowest BCUT2D eigenvalue weighted by Gasteiger charge is -1.88. The summed E-state index contributed by atoms with van der Waals surface area (Å²) in [7, 11) is 1.62. The van der Waals surface area contributed by atoms with Crippen LogP contribution in [0.15, 0.2) is 46.5 Å². The lowest BCUT2D eigenvalue weighted by atomic mass is 10.2. The number of rotatable bonds is 0.